The maximum atomic E-state index is 13.9. The Balaban J connectivity index is 1.12. The van der Waals surface area contributed by atoms with Crippen LogP contribution in [0.2, 0.25) is 5.02 Å². The number of imide groups is 1. The summed E-state index contributed by atoms with van der Waals surface area (Å²) in [7, 11) is 0. The molecule has 4 amide bonds. The molecule has 2 aromatic carbocycles. The van der Waals surface area contributed by atoms with E-state index in [9.17, 15) is 19.2 Å². The number of hydrogen-bond donors (Lipinski definition) is 1. The smallest absolute Gasteiger partial charge is 0.255 e. The van der Waals surface area contributed by atoms with E-state index < -0.39 is 11.9 Å². The van der Waals surface area contributed by atoms with Gasteiger partial charge in [0.25, 0.3) is 5.91 Å². The van der Waals surface area contributed by atoms with Gasteiger partial charge in [-0.05, 0) is 97.4 Å². The minimum Gasteiger partial charge on any atom is -0.339 e. The van der Waals surface area contributed by atoms with Crippen molar-refractivity contribution in [2.45, 2.75) is 87.9 Å². The van der Waals surface area contributed by atoms with E-state index in [0.717, 1.165) is 78.8 Å². The maximum absolute atomic E-state index is 13.9. The first-order valence-corrected chi connectivity index (χ1v) is 16.6. The Bertz CT molecular complexity index is 1500. The molecule has 2 aromatic rings. The predicted octanol–water partition coefficient (Wildman–Crippen LogP) is 6.24. The van der Waals surface area contributed by atoms with Crippen LogP contribution >= 0.6 is 23.4 Å². The fourth-order valence-corrected chi connectivity index (χ4v) is 8.22. The third-order valence-electron chi connectivity index (χ3n) is 9.28. The molecule has 6 rings (SSSR count). The van der Waals surface area contributed by atoms with E-state index in [1.807, 2.05) is 48.2 Å². The van der Waals surface area contributed by atoms with E-state index >= 15 is 0 Å². The highest BCUT2D eigenvalue weighted by Crippen LogP contribution is 2.44. The monoisotopic (exact) mass is 619 g/mol. The molecule has 2 saturated heterocycles. The van der Waals surface area contributed by atoms with Gasteiger partial charge in [0.05, 0.1) is 0 Å². The summed E-state index contributed by atoms with van der Waals surface area (Å²) in [6.45, 7) is 6.42. The Morgan fingerprint density at radius 1 is 1.00 bits per heavy atom. The highest BCUT2D eigenvalue weighted by molar-refractivity contribution is 8.00. The SMILES string of the molecule is CC1(C)CCC(C(=O)N2CCCC(Sc3ccc4c(c3)CN(C3CCC(=O)NC3=O)C4=O)CC2)=C(c2ccc(Cl)cc2)C1. The fourth-order valence-electron chi connectivity index (χ4n) is 6.85. The Hall–Kier alpha value is -3.10. The number of halogens is 1. The van der Waals surface area contributed by atoms with Crippen molar-refractivity contribution >= 4 is 52.6 Å². The topological polar surface area (TPSA) is 86.8 Å². The molecule has 9 heteroatoms. The molecule has 2 fully saturated rings. The number of amides is 4. The second-order valence-electron chi connectivity index (χ2n) is 13.0. The first-order valence-electron chi connectivity index (χ1n) is 15.3. The van der Waals surface area contributed by atoms with Gasteiger partial charge in [0, 0.05) is 52.4 Å². The van der Waals surface area contributed by atoms with Crippen molar-refractivity contribution in [2.24, 2.45) is 5.41 Å². The molecule has 0 aromatic heterocycles. The molecule has 3 aliphatic heterocycles. The summed E-state index contributed by atoms with van der Waals surface area (Å²) in [5.74, 6) is -0.648. The lowest BCUT2D eigenvalue weighted by Crippen LogP contribution is -2.52. The molecule has 0 saturated carbocycles. The van der Waals surface area contributed by atoms with E-state index in [-0.39, 0.29) is 29.6 Å². The summed E-state index contributed by atoms with van der Waals surface area (Å²) in [5.41, 5.74) is 4.91. The number of fused-ring (bicyclic) bond motifs is 1. The van der Waals surface area contributed by atoms with Crippen molar-refractivity contribution in [3.8, 4) is 0 Å². The third kappa shape index (κ3) is 6.41. The predicted molar refractivity (Wildman–Crippen MR) is 169 cm³/mol. The zero-order valence-corrected chi connectivity index (χ0v) is 26.4. The molecular formula is C34H38ClN3O4S. The zero-order valence-electron chi connectivity index (χ0n) is 24.8. The molecule has 226 valence electrons. The van der Waals surface area contributed by atoms with Gasteiger partial charge < -0.3 is 9.80 Å². The van der Waals surface area contributed by atoms with Gasteiger partial charge in [-0.2, -0.15) is 0 Å². The average molecular weight is 620 g/mol. The molecule has 4 aliphatic rings. The summed E-state index contributed by atoms with van der Waals surface area (Å²) < 4.78 is 0. The number of nitrogens with zero attached hydrogens (tertiary/aromatic N) is 2. The zero-order chi connectivity index (χ0) is 30.3. The second kappa shape index (κ2) is 12.1. The van der Waals surface area contributed by atoms with E-state index in [1.165, 1.54) is 0 Å². The standard InChI is InChI=1S/C34H38ClN3O4S/c1-34(2)15-13-27(28(19-34)21-5-7-23(35)8-6-21)32(41)37-16-3-4-24(14-17-37)43-25-9-10-26-22(18-25)20-38(33(26)42)29-11-12-30(39)36-31(29)40/h5-10,18,24,29H,3-4,11-17,19-20H2,1-2H3,(H,36,39,40). The van der Waals surface area contributed by atoms with Crippen molar-refractivity contribution in [3.05, 3.63) is 69.8 Å². The van der Waals surface area contributed by atoms with Crippen molar-refractivity contribution in [3.63, 3.8) is 0 Å². The summed E-state index contributed by atoms with van der Waals surface area (Å²) in [6.07, 6.45) is 6.15. The molecule has 7 nitrogen and oxygen atoms in total. The molecule has 2 unspecified atom stereocenters. The van der Waals surface area contributed by atoms with Crippen molar-refractivity contribution in [1.82, 2.24) is 15.1 Å². The average Bonchev–Trinajstić information content (AvgIpc) is 3.12. The van der Waals surface area contributed by atoms with Crippen LogP contribution in [0, 0.1) is 5.41 Å². The number of rotatable bonds is 5. The Labute approximate surface area is 262 Å². The maximum Gasteiger partial charge on any atom is 0.255 e. The molecule has 2 atom stereocenters. The third-order valence-corrected chi connectivity index (χ3v) is 10.9. The number of allylic oxidation sites excluding steroid dienone is 1. The lowest BCUT2D eigenvalue weighted by molar-refractivity contribution is -0.137. The van der Waals surface area contributed by atoms with Gasteiger partial charge in [0.2, 0.25) is 17.7 Å². The molecule has 1 aliphatic carbocycles. The van der Waals surface area contributed by atoms with E-state index in [1.54, 1.807) is 4.90 Å². The number of nitrogens with one attached hydrogen (secondary N) is 1. The lowest BCUT2D eigenvalue weighted by atomic mass is 9.72. The van der Waals surface area contributed by atoms with E-state index in [2.05, 4.69) is 30.1 Å². The van der Waals surface area contributed by atoms with Gasteiger partial charge in [-0.3, -0.25) is 24.5 Å². The summed E-state index contributed by atoms with van der Waals surface area (Å²) in [5, 5.41) is 3.43. The van der Waals surface area contributed by atoms with Crippen molar-refractivity contribution < 1.29 is 19.2 Å². The number of benzene rings is 2. The van der Waals surface area contributed by atoms with Crippen LogP contribution in [0.15, 0.2) is 52.9 Å². The van der Waals surface area contributed by atoms with Crippen molar-refractivity contribution in [1.29, 1.82) is 0 Å². The van der Waals surface area contributed by atoms with Gasteiger partial charge in [-0.25, -0.2) is 0 Å². The quantitative estimate of drug-likeness (QED) is 0.401. The molecule has 1 N–H and O–H groups in total. The van der Waals surface area contributed by atoms with Gasteiger partial charge in [-0.1, -0.05) is 37.6 Å². The highest BCUT2D eigenvalue weighted by atomic mass is 35.5. The molecule has 0 bridgehead atoms. The molecular weight excluding hydrogens is 582 g/mol. The van der Waals surface area contributed by atoms with Gasteiger partial charge in [0.1, 0.15) is 6.04 Å². The number of thioether (sulfide) groups is 1. The van der Waals surface area contributed by atoms with Crippen LogP contribution in [-0.2, 0) is 20.9 Å². The number of likely N-dealkylation sites (tertiary alicyclic amines) is 1. The molecule has 43 heavy (non-hydrogen) atoms. The van der Waals surface area contributed by atoms with Gasteiger partial charge in [-0.15, -0.1) is 11.8 Å². The summed E-state index contributed by atoms with van der Waals surface area (Å²) >= 11 is 7.98. The molecule has 0 radical (unpaired) electrons. The van der Waals surface area contributed by atoms with Crippen LogP contribution < -0.4 is 5.32 Å². The fraction of sp³-hybridized carbons (Fsp3) is 0.471. The Kier molecular flexibility index (Phi) is 8.44. The number of piperidine rings is 1. The molecule has 0 spiro atoms. The van der Waals surface area contributed by atoms with Crippen LogP contribution in [0.25, 0.3) is 5.57 Å². The highest BCUT2D eigenvalue weighted by Gasteiger charge is 2.39. The van der Waals surface area contributed by atoms with Crippen LogP contribution in [0.1, 0.15) is 86.7 Å². The number of carbonyl (C=O) groups is 4. The minimum absolute atomic E-state index is 0.150. The lowest BCUT2D eigenvalue weighted by Gasteiger charge is -2.35. The van der Waals surface area contributed by atoms with Crippen LogP contribution in [0.5, 0.6) is 0 Å². The Morgan fingerprint density at radius 2 is 1.79 bits per heavy atom. The minimum atomic E-state index is -0.607. The Morgan fingerprint density at radius 3 is 2.56 bits per heavy atom. The van der Waals surface area contributed by atoms with E-state index in [0.29, 0.717) is 28.8 Å². The summed E-state index contributed by atoms with van der Waals surface area (Å²) in [4.78, 5) is 55.7. The number of hydrogen-bond acceptors (Lipinski definition) is 5. The van der Waals surface area contributed by atoms with Crippen LogP contribution in [0.4, 0.5) is 0 Å². The van der Waals surface area contributed by atoms with Crippen molar-refractivity contribution in [2.75, 3.05) is 13.1 Å². The normalized spacial score (nSPS) is 24.1. The first kappa shape index (κ1) is 29.9. The first-order chi connectivity index (χ1) is 20.6. The van der Waals surface area contributed by atoms with Crippen LogP contribution in [0.3, 0.4) is 0 Å². The number of carbonyl (C=O) groups excluding carboxylic acids is 4. The summed E-state index contributed by atoms with van der Waals surface area (Å²) in [6, 6.07) is 13.2. The second-order valence-corrected chi connectivity index (χ2v) is 14.8. The van der Waals surface area contributed by atoms with Gasteiger partial charge in [0.15, 0.2) is 0 Å². The largest absolute Gasteiger partial charge is 0.339 e. The van der Waals surface area contributed by atoms with Crippen LogP contribution in [-0.4, -0.2) is 57.8 Å². The van der Waals surface area contributed by atoms with Gasteiger partial charge >= 0.3 is 0 Å². The molecule has 3 heterocycles. The van der Waals surface area contributed by atoms with E-state index in [4.69, 9.17) is 11.6 Å².